The predicted molar refractivity (Wildman–Crippen MR) is 143 cm³/mol. The summed E-state index contributed by atoms with van der Waals surface area (Å²) in [6.07, 6.45) is 8.94. The summed E-state index contributed by atoms with van der Waals surface area (Å²) in [5, 5.41) is 10.8. The minimum Gasteiger partial charge on any atom is -0.370 e. The summed E-state index contributed by atoms with van der Waals surface area (Å²) >= 11 is 0. The normalized spacial score (nSPS) is 13.6. The Labute approximate surface area is 213 Å². The molecule has 0 aliphatic carbocycles. The molecule has 1 amide bonds. The van der Waals surface area contributed by atoms with Crippen molar-refractivity contribution < 1.29 is 9.18 Å². The largest absolute Gasteiger partial charge is 0.370 e. The summed E-state index contributed by atoms with van der Waals surface area (Å²) in [5.74, 6) is -0.703. The van der Waals surface area contributed by atoms with Gasteiger partial charge in [-0.25, -0.2) is 4.39 Å². The summed E-state index contributed by atoms with van der Waals surface area (Å²) in [6, 6.07) is 17.9. The summed E-state index contributed by atoms with van der Waals surface area (Å²) in [5.41, 5.74) is 5.52. The highest BCUT2D eigenvalue weighted by Gasteiger charge is 2.17. The number of pyridine rings is 2. The van der Waals surface area contributed by atoms with Crippen LogP contribution >= 0.6 is 0 Å². The first-order valence-electron chi connectivity index (χ1n) is 12.4. The fourth-order valence-corrected chi connectivity index (χ4v) is 4.76. The van der Waals surface area contributed by atoms with E-state index >= 15 is 0 Å². The molecule has 7 nitrogen and oxygen atoms in total. The maximum Gasteiger partial charge on any atom is 0.276 e. The highest BCUT2D eigenvalue weighted by molar-refractivity contribution is 6.11. The van der Waals surface area contributed by atoms with E-state index in [0.717, 1.165) is 35.4 Å². The molecule has 0 spiro atoms. The molecule has 1 aliphatic rings. The van der Waals surface area contributed by atoms with Gasteiger partial charge in [0.15, 0.2) is 5.69 Å². The Hall–Kier alpha value is -4.59. The second kappa shape index (κ2) is 9.81. The van der Waals surface area contributed by atoms with Gasteiger partial charge in [-0.15, -0.1) is 0 Å². The monoisotopic (exact) mass is 492 g/mol. The molecular weight excluding hydrogens is 467 g/mol. The Morgan fingerprint density at radius 1 is 0.919 bits per heavy atom. The zero-order valence-corrected chi connectivity index (χ0v) is 20.1. The number of anilines is 2. The van der Waals surface area contributed by atoms with Gasteiger partial charge in [0, 0.05) is 35.8 Å². The number of aromatic amines is 1. The molecule has 1 saturated heterocycles. The van der Waals surface area contributed by atoms with Crippen LogP contribution in [0.1, 0.15) is 29.8 Å². The van der Waals surface area contributed by atoms with E-state index in [1.165, 1.54) is 31.5 Å². The molecule has 6 rings (SSSR count). The van der Waals surface area contributed by atoms with Crippen molar-refractivity contribution in [1.82, 2.24) is 20.2 Å². The second-order valence-electron chi connectivity index (χ2n) is 9.18. The number of hydrogen-bond acceptors (Lipinski definition) is 5. The summed E-state index contributed by atoms with van der Waals surface area (Å²) < 4.78 is 14.1. The van der Waals surface area contributed by atoms with Crippen molar-refractivity contribution >= 4 is 28.2 Å². The first-order valence-corrected chi connectivity index (χ1v) is 12.4. The van der Waals surface area contributed by atoms with Crippen molar-refractivity contribution in [3.63, 3.8) is 0 Å². The molecule has 1 aliphatic heterocycles. The van der Waals surface area contributed by atoms with Crippen LogP contribution in [0.3, 0.4) is 0 Å². The first kappa shape index (κ1) is 22.8. The van der Waals surface area contributed by atoms with Gasteiger partial charge in [0.1, 0.15) is 5.82 Å². The minimum atomic E-state index is -0.357. The van der Waals surface area contributed by atoms with Gasteiger partial charge in [0.25, 0.3) is 5.91 Å². The first-order chi connectivity index (χ1) is 18.2. The fraction of sp³-hybridized carbons (Fsp3) is 0.172. The van der Waals surface area contributed by atoms with Gasteiger partial charge < -0.3 is 10.2 Å². The third-order valence-corrected chi connectivity index (χ3v) is 6.73. The summed E-state index contributed by atoms with van der Waals surface area (Å²) in [4.78, 5) is 24.3. The Morgan fingerprint density at radius 3 is 2.59 bits per heavy atom. The minimum absolute atomic E-state index is 0.287. The molecule has 37 heavy (non-hydrogen) atoms. The van der Waals surface area contributed by atoms with Crippen molar-refractivity contribution in [3.8, 4) is 22.4 Å². The van der Waals surface area contributed by atoms with E-state index in [0.29, 0.717) is 22.3 Å². The number of aromatic nitrogens is 4. The van der Waals surface area contributed by atoms with Gasteiger partial charge in [0.05, 0.1) is 35.0 Å². The average Bonchev–Trinajstić information content (AvgIpc) is 3.38. The number of amides is 1. The zero-order chi connectivity index (χ0) is 25.2. The lowest BCUT2D eigenvalue weighted by Crippen LogP contribution is -2.29. The highest BCUT2D eigenvalue weighted by atomic mass is 19.1. The Balaban J connectivity index is 1.24. The predicted octanol–water partition coefficient (Wildman–Crippen LogP) is 6.07. The quantitative estimate of drug-likeness (QED) is 0.311. The van der Waals surface area contributed by atoms with Gasteiger partial charge in [0.2, 0.25) is 0 Å². The smallest absolute Gasteiger partial charge is 0.276 e. The number of nitrogens with one attached hydrogen (secondary N) is 2. The van der Waals surface area contributed by atoms with Crippen LogP contribution in [0.2, 0.25) is 0 Å². The number of carbonyl (C=O) groups excluding carboxylic acids is 1. The maximum absolute atomic E-state index is 14.1. The molecule has 4 heterocycles. The molecule has 2 N–H and O–H groups in total. The Morgan fingerprint density at radius 2 is 1.78 bits per heavy atom. The molecule has 2 aromatic carbocycles. The number of halogens is 1. The van der Waals surface area contributed by atoms with Crippen molar-refractivity contribution in [2.45, 2.75) is 19.3 Å². The number of H-pyrrole nitrogens is 1. The van der Waals surface area contributed by atoms with E-state index in [2.05, 4.69) is 36.4 Å². The van der Waals surface area contributed by atoms with E-state index in [9.17, 15) is 9.18 Å². The third kappa shape index (κ3) is 4.65. The number of piperidine rings is 1. The van der Waals surface area contributed by atoms with Gasteiger partial charge in [-0.1, -0.05) is 18.2 Å². The van der Waals surface area contributed by atoms with Crippen molar-refractivity contribution in [3.05, 3.63) is 90.8 Å². The number of benzene rings is 2. The number of rotatable bonds is 5. The molecule has 184 valence electrons. The molecule has 1 fully saturated rings. The van der Waals surface area contributed by atoms with Crippen LogP contribution in [-0.2, 0) is 0 Å². The molecular formula is C29H25FN6O. The molecule has 5 aromatic rings. The fourth-order valence-electron chi connectivity index (χ4n) is 4.76. The molecule has 0 saturated carbocycles. The third-order valence-electron chi connectivity index (χ3n) is 6.73. The average molecular weight is 493 g/mol. The SMILES string of the molecule is O=C(Nc1ccc(-c2ccccc2F)nc1)c1n[nH]c2ccc(-c3cncc(N4CCCCC4)c3)cc12. The van der Waals surface area contributed by atoms with Crippen LogP contribution in [0, 0.1) is 5.82 Å². The Bertz CT molecular complexity index is 1570. The molecule has 0 radical (unpaired) electrons. The topological polar surface area (TPSA) is 86.8 Å². The van der Waals surface area contributed by atoms with E-state index in [-0.39, 0.29) is 17.4 Å². The van der Waals surface area contributed by atoms with Crippen LogP contribution in [0.4, 0.5) is 15.8 Å². The van der Waals surface area contributed by atoms with E-state index in [4.69, 9.17) is 0 Å². The van der Waals surface area contributed by atoms with Gasteiger partial charge in [-0.05, 0) is 67.3 Å². The highest BCUT2D eigenvalue weighted by Crippen LogP contribution is 2.29. The van der Waals surface area contributed by atoms with Crippen molar-refractivity contribution in [2.24, 2.45) is 0 Å². The zero-order valence-electron chi connectivity index (χ0n) is 20.1. The lowest BCUT2D eigenvalue weighted by atomic mass is 10.0. The van der Waals surface area contributed by atoms with Crippen molar-refractivity contribution in [2.75, 3.05) is 23.3 Å². The Kier molecular flexibility index (Phi) is 6.06. The van der Waals surface area contributed by atoms with Crippen LogP contribution in [0.15, 0.2) is 79.3 Å². The molecule has 3 aromatic heterocycles. The number of nitrogens with zero attached hydrogens (tertiary/aromatic N) is 4. The molecule has 0 bridgehead atoms. The molecule has 0 unspecified atom stereocenters. The lowest BCUT2D eigenvalue weighted by Gasteiger charge is -2.28. The van der Waals surface area contributed by atoms with Crippen LogP contribution < -0.4 is 10.2 Å². The van der Waals surface area contributed by atoms with E-state index in [1.807, 2.05) is 30.6 Å². The number of hydrogen-bond donors (Lipinski definition) is 2. The standard InChI is InChI=1S/C29H25FN6O/c30-25-7-3-2-6-23(25)26-11-9-21(17-32-26)33-29(37)28-24-15-19(8-10-27(24)34-35-28)20-14-22(18-31-16-20)36-12-4-1-5-13-36/h2-3,6-11,14-18H,1,4-5,12-13H2,(H,33,37)(H,34,35). The lowest BCUT2D eigenvalue weighted by molar-refractivity contribution is 0.102. The van der Waals surface area contributed by atoms with Gasteiger partial charge >= 0.3 is 0 Å². The van der Waals surface area contributed by atoms with Crippen molar-refractivity contribution in [1.29, 1.82) is 0 Å². The number of carbonyl (C=O) groups is 1. The van der Waals surface area contributed by atoms with E-state index in [1.54, 1.807) is 30.3 Å². The van der Waals surface area contributed by atoms with Gasteiger partial charge in [-0.2, -0.15) is 5.10 Å². The van der Waals surface area contributed by atoms with Gasteiger partial charge in [-0.3, -0.25) is 19.9 Å². The molecule has 0 atom stereocenters. The number of fused-ring (bicyclic) bond motifs is 1. The summed E-state index contributed by atoms with van der Waals surface area (Å²) in [7, 11) is 0. The molecule has 8 heteroatoms. The van der Waals surface area contributed by atoms with Crippen LogP contribution in [0.5, 0.6) is 0 Å². The maximum atomic E-state index is 14.1. The second-order valence-corrected chi connectivity index (χ2v) is 9.18. The summed E-state index contributed by atoms with van der Waals surface area (Å²) in [6.45, 7) is 2.10. The van der Waals surface area contributed by atoms with Crippen LogP contribution in [0.25, 0.3) is 33.3 Å². The van der Waals surface area contributed by atoms with E-state index < -0.39 is 0 Å². The van der Waals surface area contributed by atoms with Crippen LogP contribution in [-0.4, -0.2) is 39.2 Å².